The number of allylic oxidation sites excluding steroid dienone is 2. The van der Waals surface area contributed by atoms with Gasteiger partial charge in [-0.15, -0.1) is 0 Å². The first-order valence-electron chi connectivity index (χ1n) is 3.23. The van der Waals surface area contributed by atoms with Crippen molar-refractivity contribution in [3.8, 4) is 6.07 Å². The van der Waals surface area contributed by atoms with Crippen LogP contribution in [0.2, 0.25) is 0 Å². The zero-order valence-corrected chi connectivity index (χ0v) is 6.69. The maximum Gasteiger partial charge on any atom is 0.0988 e. The minimum Gasteiger partial charge on any atom is -0.192 e. The molecule has 1 nitrogen and oxygen atoms in total. The third-order valence-electron chi connectivity index (χ3n) is 1.30. The second-order valence-corrected chi connectivity index (χ2v) is 3.58. The molecule has 1 unspecified atom stereocenters. The first-order valence-corrected chi connectivity index (χ1v) is 4.28. The lowest BCUT2D eigenvalue weighted by molar-refractivity contribution is 1.24. The van der Waals surface area contributed by atoms with E-state index in [9.17, 15) is 0 Å². The molecule has 0 spiro atoms. The van der Waals surface area contributed by atoms with E-state index in [1.807, 2.05) is 30.0 Å². The topological polar surface area (TPSA) is 23.8 Å². The van der Waals surface area contributed by atoms with Crippen molar-refractivity contribution in [3.63, 3.8) is 0 Å². The van der Waals surface area contributed by atoms with Crippen LogP contribution >= 0.6 is 11.8 Å². The first-order chi connectivity index (χ1) is 4.83. The molecule has 0 amide bonds. The summed E-state index contributed by atoms with van der Waals surface area (Å²) < 4.78 is 0. The molecule has 0 radical (unpaired) electrons. The number of hydrogen-bond donors (Lipinski definition) is 0. The van der Waals surface area contributed by atoms with Gasteiger partial charge < -0.3 is 0 Å². The largest absolute Gasteiger partial charge is 0.192 e. The molecule has 0 N–H and O–H groups in total. The van der Waals surface area contributed by atoms with Crippen LogP contribution in [-0.4, -0.2) is 11.0 Å². The van der Waals surface area contributed by atoms with Crippen LogP contribution in [0.5, 0.6) is 0 Å². The van der Waals surface area contributed by atoms with Gasteiger partial charge in [0, 0.05) is 16.6 Å². The van der Waals surface area contributed by atoms with Crippen molar-refractivity contribution >= 4 is 11.8 Å². The van der Waals surface area contributed by atoms with Crippen molar-refractivity contribution in [2.75, 3.05) is 5.75 Å². The van der Waals surface area contributed by atoms with Crippen molar-refractivity contribution in [2.24, 2.45) is 0 Å². The first kappa shape index (κ1) is 7.43. The molecule has 0 saturated heterocycles. The van der Waals surface area contributed by atoms with Crippen LogP contribution in [0.1, 0.15) is 6.92 Å². The number of nitriles is 1. The molecule has 10 heavy (non-hydrogen) atoms. The van der Waals surface area contributed by atoms with Crippen molar-refractivity contribution < 1.29 is 0 Å². The quantitative estimate of drug-likeness (QED) is 0.529. The summed E-state index contributed by atoms with van der Waals surface area (Å²) in [6.07, 6.45) is 5.91. The Morgan fingerprint density at radius 1 is 1.80 bits per heavy atom. The van der Waals surface area contributed by atoms with E-state index >= 15 is 0 Å². The number of nitrogens with zero attached hydrogens (tertiary/aromatic N) is 1. The molecule has 1 aliphatic rings. The zero-order valence-electron chi connectivity index (χ0n) is 5.87. The molecule has 1 heterocycles. The lowest BCUT2D eigenvalue weighted by Crippen LogP contribution is -1.89. The van der Waals surface area contributed by atoms with Gasteiger partial charge >= 0.3 is 0 Å². The average Bonchev–Trinajstić information content (AvgIpc) is 2.13. The Morgan fingerprint density at radius 3 is 3.30 bits per heavy atom. The van der Waals surface area contributed by atoms with Gasteiger partial charge in [0.1, 0.15) is 0 Å². The zero-order chi connectivity index (χ0) is 7.40. The summed E-state index contributed by atoms with van der Waals surface area (Å²) in [5.41, 5.74) is 0.789. The van der Waals surface area contributed by atoms with Gasteiger partial charge in [0.2, 0.25) is 0 Å². The third kappa shape index (κ3) is 1.93. The monoisotopic (exact) mass is 151 g/mol. The molecular weight excluding hydrogens is 142 g/mol. The average molecular weight is 151 g/mol. The molecule has 1 aliphatic heterocycles. The fraction of sp³-hybridized carbons (Fsp3) is 0.375. The fourth-order valence-corrected chi connectivity index (χ4v) is 1.57. The SMILES string of the molecule is CC1C=C(C#N)C=CCS1. The Bertz CT molecular complexity index is 210. The molecule has 0 aliphatic carbocycles. The molecular formula is C8H9NS. The van der Waals surface area contributed by atoms with Gasteiger partial charge in [-0.1, -0.05) is 12.2 Å². The number of thioether (sulfide) groups is 1. The Kier molecular flexibility index (Phi) is 2.58. The van der Waals surface area contributed by atoms with Crippen LogP contribution in [0.3, 0.4) is 0 Å². The molecule has 0 fully saturated rings. The minimum absolute atomic E-state index is 0.477. The van der Waals surface area contributed by atoms with E-state index in [0.29, 0.717) is 5.25 Å². The van der Waals surface area contributed by atoms with Crippen LogP contribution in [0.25, 0.3) is 0 Å². The Labute approximate surface area is 65.4 Å². The summed E-state index contributed by atoms with van der Waals surface area (Å²) in [7, 11) is 0. The summed E-state index contributed by atoms with van der Waals surface area (Å²) in [4.78, 5) is 0. The summed E-state index contributed by atoms with van der Waals surface area (Å²) in [6, 6.07) is 2.14. The highest BCUT2D eigenvalue weighted by molar-refractivity contribution is 8.00. The predicted octanol–water partition coefficient (Wildman–Crippen LogP) is 2.13. The fourth-order valence-electron chi connectivity index (χ4n) is 0.813. The predicted molar refractivity (Wildman–Crippen MR) is 44.8 cm³/mol. The van der Waals surface area contributed by atoms with Gasteiger partial charge in [-0.25, -0.2) is 0 Å². The van der Waals surface area contributed by atoms with E-state index in [4.69, 9.17) is 5.26 Å². The van der Waals surface area contributed by atoms with Gasteiger partial charge in [-0.3, -0.25) is 0 Å². The van der Waals surface area contributed by atoms with Crippen LogP contribution < -0.4 is 0 Å². The van der Waals surface area contributed by atoms with Crippen molar-refractivity contribution in [1.29, 1.82) is 5.26 Å². The Morgan fingerprint density at radius 2 is 2.60 bits per heavy atom. The van der Waals surface area contributed by atoms with Gasteiger partial charge in [0.05, 0.1) is 6.07 Å². The Balaban J connectivity index is 2.75. The lowest BCUT2D eigenvalue weighted by atomic mass is 10.2. The summed E-state index contributed by atoms with van der Waals surface area (Å²) in [5.74, 6) is 1.02. The minimum atomic E-state index is 0.477. The van der Waals surface area contributed by atoms with Crippen molar-refractivity contribution in [3.05, 3.63) is 23.8 Å². The second kappa shape index (κ2) is 3.48. The normalized spacial score (nSPS) is 24.8. The molecule has 0 saturated carbocycles. The molecule has 0 aromatic rings. The highest BCUT2D eigenvalue weighted by Crippen LogP contribution is 2.17. The number of hydrogen-bond acceptors (Lipinski definition) is 2. The van der Waals surface area contributed by atoms with Crippen LogP contribution in [0.15, 0.2) is 23.8 Å². The van der Waals surface area contributed by atoms with Gasteiger partial charge in [0.15, 0.2) is 0 Å². The molecule has 0 aromatic carbocycles. The second-order valence-electron chi connectivity index (χ2n) is 2.17. The Hall–Kier alpha value is -0.680. The van der Waals surface area contributed by atoms with Crippen LogP contribution in [0, 0.1) is 11.3 Å². The van der Waals surface area contributed by atoms with Gasteiger partial charge in [-0.05, 0) is 13.0 Å². The molecule has 1 atom stereocenters. The summed E-state index contributed by atoms with van der Waals surface area (Å²) in [5, 5.41) is 9.03. The van der Waals surface area contributed by atoms with E-state index in [-0.39, 0.29) is 0 Å². The van der Waals surface area contributed by atoms with Gasteiger partial charge in [0.25, 0.3) is 0 Å². The van der Waals surface area contributed by atoms with Gasteiger partial charge in [-0.2, -0.15) is 17.0 Å². The molecule has 0 aromatic heterocycles. The highest BCUT2D eigenvalue weighted by atomic mass is 32.2. The maximum absolute atomic E-state index is 8.56. The van der Waals surface area contributed by atoms with Crippen LogP contribution in [-0.2, 0) is 0 Å². The molecule has 1 rings (SSSR count). The standard InChI is InChI=1S/C8H9NS/c1-7-5-8(6-9)3-2-4-10-7/h2-3,5,7H,4H2,1H3. The van der Waals surface area contributed by atoms with Crippen molar-refractivity contribution in [1.82, 2.24) is 0 Å². The van der Waals surface area contributed by atoms with Crippen molar-refractivity contribution in [2.45, 2.75) is 12.2 Å². The van der Waals surface area contributed by atoms with E-state index in [1.54, 1.807) is 0 Å². The van der Waals surface area contributed by atoms with E-state index in [0.717, 1.165) is 11.3 Å². The number of rotatable bonds is 0. The van der Waals surface area contributed by atoms with E-state index in [1.165, 1.54) is 0 Å². The molecule has 2 heteroatoms. The molecule has 0 bridgehead atoms. The smallest absolute Gasteiger partial charge is 0.0988 e. The third-order valence-corrected chi connectivity index (χ3v) is 2.34. The summed E-state index contributed by atoms with van der Waals surface area (Å²) >= 11 is 1.84. The maximum atomic E-state index is 8.56. The summed E-state index contributed by atoms with van der Waals surface area (Å²) in [6.45, 7) is 2.11. The highest BCUT2D eigenvalue weighted by Gasteiger charge is 2.01. The lowest BCUT2D eigenvalue weighted by Gasteiger charge is -1.99. The molecule has 52 valence electrons. The van der Waals surface area contributed by atoms with E-state index in [2.05, 4.69) is 13.0 Å². The van der Waals surface area contributed by atoms with Crippen LogP contribution in [0.4, 0.5) is 0 Å². The van der Waals surface area contributed by atoms with E-state index < -0.39 is 0 Å².